The lowest BCUT2D eigenvalue weighted by atomic mass is 10.1. The predicted molar refractivity (Wildman–Crippen MR) is 126 cm³/mol. The van der Waals surface area contributed by atoms with Crippen molar-refractivity contribution >= 4 is 27.7 Å². The summed E-state index contributed by atoms with van der Waals surface area (Å²) < 4.78 is 38.0. The van der Waals surface area contributed by atoms with Gasteiger partial charge in [0.2, 0.25) is 5.78 Å². The molecule has 35 heavy (non-hydrogen) atoms. The van der Waals surface area contributed by atoms with Crippen LogP contribution in [0, 0.1) is 13.8 Å². The monoisotopic (exact) mass is 496 g/mol. The molecule has 0 saturated heterocycles. The Morgan fingerprint density at radius 2 is 1.69 bits per heavy atom. The average molecular weight is 497 g/mol. The van der Waals surface area contributed by atoms with Gasteiger partial charge in [-0.15, -0.1) is 0 Å². The fraction of sp³-hybridized carbons (Fsp3) is 0.240. The number of ether oxygens (including phenoxy) is 2. The molecular formula is C25H24N2O7S. The van der Waals surface area contributed by atoms with Crippen LogP contribution in [-0.2, 0) is 19.6 Å². The van der Waals surface area contributed by atoms with Crippen molar-refractivity contribution in [2.75, 3.05) is 19.8 Å². The fourth-order valence-corrected chi connectivity index (χ4v) is 5.59. The van der Waals surface area contributed by atoms with E-state index in [0.717, 1.165) is 17.1 Å². The van der Waals surface area contributed by atoms with Gasteiger partial charge in [0, 0.05) is 22.6 Å². The summed E-state index contributed by atoms with van der Waals surface area (Å²) in [5.74, 6) is -1.50. The van der Waals surface area contributed by atoms with E-state index in [1.54, 1.807) is 13.0 Å². The summed E-state index contributed by atoms with van der Waals surface area (Å²) in [4.78, 5) is 37.4. The quantitative estimate of drug-likeness (QED) is 0.348. The van der Waals surface area contributed by atoms with E-state index in [1.165, 1.54) is 24.3 Å². The van der Waals surface area contributed by atoms with Gasteiger partial charge in [-0.1, -0.05) is 12.1 Å². The molecule has 0 atom stereocenters. The van der Waals surface area contributed by atoms with Crippen LogP contribution in [0.15, 0.2) is 59.5 Å². The van der Waals surface area contributed by atoms with Gasteiger partial charge in [-0.25, -0.2) is 12.7 Å². The molecule has 0 unspecified atom stereocenters. The second-order valence-electron chi connectivity index (χ2n) is 7.94. The minimum absolute atomic E-state index is 0.00175. The van der Waals surface area contributed by atoms with Crippen molar-refractivity contribution in [3.63, 3.8) is 0 Å². The molecule has 0 bridgehead atoms. The molecule has 0 aliphatic carbocycles. The summed E-state index contributed by atoms with van der Waals surface area (Å²) in [7, 11) is -4.14. The first-order chi connectivity index (χ1) is 16.6. The Bertz CT molecular complexity index is 1420. The van der Waals surface area contributed by atoms with Crippen LogP contribution in [0.4, 0.5) is 0 Å². The van der Waals surface area contributed by atoms with Gasteiger partial charge in [0.1, 0.15) is 17.2 Å². The van der Waals surface area contributed by atoms with Gasteiger partial charge in [0.25, 0.3) is 15.9 Å². The minimum atomic E-state index is -4.14. The number of benzene rings is 2. The first-order valence-electron chi connectivity index (χ1n) is 10.9. The maximum Gasteiger partial charge on any atom is 0.327 e. The first kappa shape index (κ1) is 24.2. The number of amides is 1. The van der Waals surface area contributed by atoms with Crippen molar-refractivity contribution in [2.45, 2.75) is 25.7 Å². The van der Waals surface area contributed by atoms with Gasteiger partial charge >= 0.3 is 5.97 Å². The molecule has 182 valence electrons. The number of sulfonamides is 1. The molecule has 2 aromatic carbocycles. The lowest BCUT2D eigenvalue weighted by Gasteiger charge is -2.14. The third-order valence-corrected chi connectivity index (χ3v) is 7.47. The maximum absolute atomic E-state index is 12.8. The number of nitrogens with zero attached hydrogens (tertiary/aromatic N) is 2. The second-order valence-corrected chi connectivity index (χ2v) is 9.77. The summed E-state index contributed by atoms with van der Waals surface area (Å²) in [5, 5.41) is 0. The van der Waals surface area contributed by atoms with Crippen LogP contribution in [0.2, 0.25) is 0 Å². The van der Waals surface area contributed by atoms with E-state index in [2.05, 4.69) is 0 Å². The number of hydrogen-bond acceptors (Lipinski definition) is 7. The highest BCUT2D eigenvalue weighted by atomic mass is 32.2. The number of esters is 1. The molecular weight excluding hydrogens is 472 g/mol. The highest BCUT2D eigenvalue weighted by Crippen LogP contribution is 2.29. The lowest BCUT2D eigenvalue weighted by molar-refractivity contribution is -0.142. The van der Waals surface area contributed by atoms with E-state index in [-0.39, 0.29) is 10.5 Å². The first-order valence-corrected chi connectivity index (χ1v) is 12.4. The highest BCUT2D eigenvalue weighted by molar-refractivity contribution is 7.90. The number of Topliss-reactive ketones (excluding diaryl/α,β-unsaturated/α-hetero) is 1. The molecule has 9 nitrogen and oxygen atoms in total. The van der Waals surface area contributed by atoms with Crippen molar-refractivity contribution in [2.24, 2.45) is 0 Å². The summed E-state index contributed by atoms with van der Waals surface area (Å²) in [6, 6.07) is 14.9. The van der Waals surface area contributed by atoms with Crippen LogP contribution in [0.1, 0.15) is 39.0 Å². The van der Waals surface area contributed by atoms with Crippen molar-refractivity contribution in [3.05, 3.63) is 77.1 Å². The molecule has 1 aliphatic heterocycles. The molecule has 1 amide bonds. The van der Waals surface area contributed by atoms with Crippen LogP contribution >= 0.6 is 0 Å². The Balaban J connectivity index is 1.43. The van der Waals surface area contributed by atoms with Gasteiger partial charge in [-0.05, 0) is 63.2 Å². The number of aromatic nitrogens is 1. The number of carbonyl (C=O) groups is 3. The number of rotatable bonds is 8. The van der Waals surface area contributed by atoms with Crippen LogP contribution < -0.4 is 4.74 Å². The van der Waals surface area contributed by atoms with Crippen molar-refractivity contribution < 1.29 is 32.3 Å². The Kier molecular flexibility index (Phi) is 6.49. The molecule has 0 N–H and O–H groups in total. The van der Waals surface area contributed by atoms with E-state index < -0.39 is 40.8 Å². The average Bonchev–Trinajstić information content (AvgIpc) is 3.24. The Hall–Kier alpha value is -3.92. The zero-order valence-electron chi connectivity index (χ0n) is 19.5. The Labute approximate surface area is 202 Å². The number of ketones is 1. The largest absolute Gasteiger partial charge is 0.494 e. The molecule has 3 aromatic rings. The van der Waals surface area contributed by atoms with Crippen LogP contribution in [0.25, 0.3) is 5.69 Å². The van der Waals surface area contributed by atoms with Gasteiger partial charge in [-0.3, -0.25) is 14.4 Å². The van der Waals surface area contributed by atoms with Crippen molar-refractivity contribution in [1.29, 1.82) is 0 Å². The zero-order valence-corrected chi connectivity index (χ0v) is 20.3. The van der Waals surface area contributed by atoms with Crippen LogP contribution in [-0.4, -0.2) is 54.7 Å². The van der Waals surface area contributed by atoms with Crippen molar-refractivity contribution in [1.82, 2.24) is 8.87 Å². The van der Waals surface area contributed by atoms with E-state index in [1.807, 2.05) is 42.7 Å². The van der Waals surface area contributed by atoms with E-state index in [9.17, 15) is 22.8 Å². The van der Waals surface area contributed by atoms with Crippen LogP contribution in [0.3, 0.4) is 0 Å². The Morgan fingerprint density at radius 3 is 2.34 bits per heavy atom. The standard InChI is InChI=1S/C25H24N2O7S/c1-4-33-19-11-9-18(10-12-19)27-16(2)13-21(17(27)3)22(28)15-34-24(29)14-26-25(30)20-7-5-6-8-23(20)35(26,31)32/h5-13H,4,14-15H2,1-3H3. The van der Waals surface area contributed by atoms with E-state index in [0.29, 0.717) is 22.2 Å². The van der Waals surface area contributed by atoms with Gasteiger partial charge in [0.05, 0.1) is 12.2 Å². The number of aryl methyl sites for hydroxylation is 1. The Morgan fingerprint density at radius 1 is 1.00 bits per heavy atom. The molecule has 4 rings (SSSR count). The third kappa shape index (κ3) is 4.44. The smallest absolute Gasteiger partial charge is 0.327 e. The summed E-state index contributed by atoms with van der Waals surface area (Å²) in [6.07, 6.45) is 0. The van der Waals surface area contributed by atoms with E-state index >= 15 is 0 Å². The number of fused-ring (bicyclic) bond motifs is 1. The molecule has 10 heteroatoms. The number of hydrogen-bond donors (Lipinski definition) is 0. The predicted octanol–water partition coefficient (Wildman–Crippen LogP) is 3.06. The SMILES string of the molecule is CCOc1ccc(-n2c(C)cc(C(=O)COC(=O)CN3C(=O)c4ccccc4S3(=O)=O)c2C)cc1. The van der Waals surface area contributed by atoms with Gasteiger partial charge in [-0.2, -0.15) is 0 Å². The number of carbonyl (C=O) groups excluding carboxylic acids is 3. The maximum atomic E-state index is 12.8. The third-order valence-electron chi connectivity index (χ3n) is 5.69. The van der Waals surface area contributed by atoms with Gasteiger partial charge in [0.15, 0.2) is 6.61 Å². The molecule has 0 fully saturated rings. The molecule has 2 heterocycles. The summed E-state index contributed by atoms with van der Waals surface area (Å²) >= 11 is 0. The molecule has 0 spiro atoms. The van der Waals surface area contributed by atoms with Crippen molar-refractivity contribution in [3.8, 4) is 11.4 Å². The highest BCUT2D eigenvalue weighted by Gasteiger charge is 2.42. The summed E-state index contributed by atoms with van der Waals surface area (Å²) in [6.45, 7) is 4.71. The zero-order chi connectivity index (χ0) is 25.3. The molecule has 1 aliphatic rings. The molecule has 0 saturated carbocycles. The minimum Gasteiger partial charge on any atom is -0.494 e. The summed E-state index contributed by atoms with van der Waals surface area (Å²) in [5.41, 5.74) is 2.70. The van der Waals surface area contributed by atoms with Crippen LogP contribution in [0.5, 0.6) is 5.75 Å². The topological polar surface area (TPSA) is 112 Å². The van der Waals surface area contributed by atoms with Gasteiger partial charge < -0.3 is 14.0 Å². The lowest BCUT2D eigenvalue weighted by Crippen LogP contribution is -2.36. The molecule has 1 aromatic heterocycles. The second kappa shape index (κ2) is 9.38. The molecule has 0 radical (unpaired) electrons. The normalized spacial score (nSPS) is 14.0. The van der Waals surface area contributed by atoms with E-state index in [4.69, 9.17) is 9.47 Å². The fourth-order valence-electron chi connectivity index (χ4n) is 4.07.